The van der Waals surface area contributed by atoms with E-state index in [0.717, 1.165) is 25.7 Å². The Balaban J connectivity index is 0.000000387. The molecule has 2 rings (SSSR count). The first kappa shape index (κ1) is 19.7. The zero-order valence-corrected chi connectivity index (χ0v) is 14.6. The van der Waals surface area contributed by atoms with Crippen molar-refractivity contribution in [1.29, 1.82) is 0 Å². The van der Waals surface area contributed by atoms with Crippen LogP contribution in [0.1, 0.15) is 31.2 Å². The molecule has 1 aromatic carbocycles. The molecule has 0 bridgehead atoms. The molecule has 6 heteroatoms. The predicted molar refractivity (Wildman–Crippen MR) is 79.4 cm³/mol. The molecule has 4 nitrogen and oxygen atoms in total. The summed E-state index contributed by atoms with van der Waals surface area (Å²) in [6.45, 7) is 2.08. The number of hydrogen-bond acceptors (Lipinski definition) is 3. The topological polar surface area (TPSA) is 72.2 Å². The third kappa shape index (κ3) is 8.80. The van der Waals surface area contributed by atoms with Crippen molar-refractivity contribution < 1.29 is 27.9 Å². The Kier molecular flexibility index (Phi) is 9.48. The van der Waals surface area contributed by atoms with Gasteiger partial charge in [-0.15, -0.1) is 0 Å². The maximum absolute atomic E-state index is 10.9. The van der Waals surface area contributed by atoms with Gasteiger partial charge in [-0.3, -0.25) is 0 Å². The molecule has 0 saturated heterocycles. The Bertz CT molecular complexity index is 465. The van der Waals surface area contributed by atoms with E-state index in [1.54, 1.807) is 0 Å². The first-order chi connectivity index (χ1) is 8.88. The molecule has 3 N–H and O–H groups in total. The Morgan fingerprint density at radius 3 is 2.10 bits per heavy atom. The standard InChI is InChI=1S/C7H16N2O2S.C7H8.Ru/c1-12(10,11)9-7-5-3-2-4-6(7)8;1-7-5-3-2-4-6-7;/h6-7,9H,2-5,8H2,1H3;2-6H,1H3;/t6-,7-;;/m1../s1. The summed E-state index contributed by atoms with van der Waals surface area (Å²) < 4.78 is 24.3. The summed E-state index contributed by atoms with van der Waals surface area (Å²) >= 11 is 0. The molecule has 0 spiro atoms. The van der Waals surface area contributed by atoms with E-state index in [1.165, 1.54) is 11.8 Å². The molecule has 20 heavy (non-hydrogen) atoms. The van der Waals surface area contributed by atoms with E-state index in [1.807, 2.05) is 18.2 Å². The minimum absolute atomic E-state index is 0. The summed E-state index contributed by atoms with van der Waals surface area (Å²) in [5, 5.41) is 0. The third-order valence-electron chi connectivity index (χ3n) is 3.13. The quantitative estimate of drug-likeness (QED) is 0.763. The SMILES string of the molecule is CS(=O)(=O)N[C@@H]1CCCC[C@H]1N.Cc1ccccc1.[Ru]. The minimum Gasteiger partial charge on any atom is -0.326 e. The molecular weight excluding hydrogens is 361 g/mol. The number of aryl methyl sites for hydroxylation is 1. The first-order valence-electron chi connectivity index (χ1n) is 6.63. The zero-order chi connectivity index (χ0) is 14.3. The van der Waals surface area contributed by atoms with E-state index in [2.05, 4.69) is 23.8 Å². The fourth-order valence-corrected chi connectivity index (χ4v) is 2.96. The summed E-state index contributed by atoms with van der Waals surface area (Å²) in [7, 11) is -3.09. The Labute approximate surface area is 135 Å². The molecule has 1 aromatic rings. The van der Waals surface area contributed by atoms with Gasteiger partial charge in [0.2, 0.25) is 10.0 Å². The molecule has 0 heterocycles. The largest absolute Gasteiger partial charge is 0.326 e. The maximum Gasteiger partial charge on any atom is 0.209 e. The molecule has 1 fully saturated rings. The molecule has 0 aliphatic heterocycles. The van der Waals surface area contributed by atoms with Crippen LogP contribution in [0, 0.1) is 6.92 Å². The molecule has 0 unspecified atom stereocenters. The third-order valence-corrected chi connectivity index (χ3v) is 3.86. The Hall–Kier alpha value is -0.287. The van der Waals surface area contributed by atoms with Gasteiger partial charge in [0.05, 0.1) is 6.26 Å². The second-order valence-corrected chi connectivity index (χ2v) is 6.88. The average molecular weight is 385 g/mol. The van der Waals surface area contributed by atoms with E-state index in [-0.39, 0.29) is 31.6 Å². The zero-order valence-electron chi connectivity index (χ0n) is 12.0. The summed E-state index contributed by atoms with van der Waals surface area (Å²) in [6, 6.07) is 10.2. The molecule has 0 amide bonds. The van der Waals surface area contributed by atoms with Gasteiger partial charge in [0, 0.05) is 31.6 Å². The van der Waals surface area contributed by atoms with Gasteiger partial charge in [0.25, 0.3) is 0 Å². The molecular formula is C14H24N2O2RuS. The fourth-order valence-electron chi connectivity index (χ4n) is 2.12. The van der Waals surface area contributed by atoms with Crippen LogP contribution in [0.15, 0.2) is 30.3 Å². The van der Waals surface area contributed by atoms with Crippen LogP contribution in [-0.4, -0.2) is 26.8 Å². The molecule has 0 radical (unpaired) electrons. The first-order valence-corrected chi connectivity index (χ1v) is 8.52. The molecule has 1 aliphatic carbocycles. The van der Waals surface area contributed by atoms with E-state index in [4.69, 9.17) is 5.73 Å². The second kappa shape index (κ2) is 9.61. The summed E-state index contributed by atoms with van der Waals surface area (Å²) in [4.78, 5) is 0. The Morgan fingerprint density at radius 1 is 1.15 bits per heavy atom. The molecule has 116 valence electrons. The predicted octanol–water partition coefficient (Wildman–Crippen LogP) is 1.80. The average Bonchev–Trinajstić information content (AvgIpc) is 2.32. The van der Waals surface area contributed by atoms with E-state index >= 15 is 0 Å². The van der Waals surface area contributed by atoms with E-state index in [9.17, 15) is 8.42 Å². The van der Waals surface area contributed by atoms with E-state index < -0.39 is 10.0 Å². The smallest absolute Gasteiger partial charge is 0.209 e. The fraction of sp³-hybridized carbons (Fsp3) is 0.571. The number of benzene rings is 1. The van der Waals surface area contributed by atoms with Crippen LogP contribution in [0.3, 0.4) is 0 Å². The monoisotopic (exact) mass is 386 g/mol. The van der Waals surface area contributed by atoms with Gasteiger partial charge >= 0.3 is 0 Å². The molecule has 1 saturated carbocycles. The minimum atomic E-state index is -3.09. The number of rotatable bonds is 2. The second-order valence-electron chi connectivity index (χ2n) is 5.10. The van der Waals surface area contributed by atoms with Crippen molar-refractivity contribution >= 4 is 10.0 Å². The van der Waals surface area contributed by atoms with Gasteiger partial charge in [-0.1, -0.05) is 48.7 Å². The van der Waals surface area contributed by atoms with Crippen LogP contribution in [0.4, 0.5) is 0 Å². The number of nitrogens with two attached hydrogens (primary N) is 1. The van der Waals surface area contributed by atoms with Crippen LogP contribution in [0.2, 0.25) is 0 Å². The molecule has 2 atom stereocenters. The normalized spacial score (nSPS) is 22.1. The van der Waals surface area contributed by atoms with Crippen molar-refractivity contribution in [3.8, 4) is 0 Å². The summed E-state index contributed by atoms with van der Waals surface area (Å²) in [6.07, 6.45) is 5.15. The molecule has 0 aromatic heterocycles. The van der Waals surface area contributed by atoms with Crippen LogP contribution in [0.5, 0.6) is 0 Å². The van der Waals surface area contributed by atoms with Crippen molar-refractivity contribution in [2.75, 3.05) is 6.26 Å². The summed E-state index contributed by atoms with van der Waals surface area (Å²) in [5.41, 5.74) is 7.08. The van der Waals surface area contributed by atoms with Crippen molar-refractivity contribution in [3.63, 3.8) is 0 Å². The number of nitrogens with one attached hydrogen (secondary N) is 1. The van der Waals surface area contributed by atoms with Gasteiger partial charge < -0.3 is 5.73 Å². The van der Waals surface area contributed by atoms with Crippen LogP contribution in [-0.2, 0) is 29.5 Å². The van der Waals surface area contributed by atoms with Gasteiger partial charge in [0.1, 0.15) is 0 Å². The van der Waals surface area contributed by atoms with Crippen molar-refractivity contribution in [1.82, 2.24) is 4.72 Å². The van der Waals surface area contributed by atoms with Gasteiger partial charge in [-0.2, -0.15) is 0 Å². The van der Waals surface area contributed by atoms with Crippen LogP contribution in [0.25, 0.3) is 0 Å². The Morgan fingerprint density at radius 2 is 1.70 bits per heavy atom. The van der Waals surface area contributed by atoms with Gasteiger partial charge in [-0.25, -0.2) is 13.1 Å². The van der Waals surface area contributed by atoms with Crippen LogP contribution < -0.4 is 10.5 Å². The van der Waals surface area contributed by atoms with Crippen molar-refractivity contribution in [2.24, 2.45) is 5.73 Å². The van der Waals surface area contributed by atoms with E-state index in [0.29, 0.717) is 0 Å². The van der Waals surface area contributed by atoms with Crippen molar-refractivity contribution in [3.05, 3.63) is 35.9 Å². The van der Waals surface area contributed by atoms with Crippen LogP contribution >= 0.6 is 0 Å². The molecule has 1 aliphatic rings. The van der Waals surface area contributed by atoms with Gasteiger partial charge in [0.15, 0.2) is 0 Å². The number of sulfonamides is 1. The number of hydrogen-bond donors (Lipinski definition) is 2. The van der Waals surface area contributed by atoms with Crippen molar-refractivity contribution in [2.45, 2.75) is 44.7 Å². The van der Waals surface area contributed by atoms with Gasteiger partial charge in [-0.05, 0) is 19.8 Å². The summed E-state index contributed by atoms with van der Waals surface area (Å²) in [5.74, 6) is 0. The maximum atomic E-state index is 10.9.